The molecule has 0 aliphatic carbocycles. The number of aromatic nitrogens is 2. The number of nitrogens with zero attached hydrogens (tertiary/aromatic N) is 2. The molecule has 0 bridgehead atoms. The lowest BCUT2D eigenvalue weighted by Crippen LogP contribution is -2.18. The van der Waals surface area contributed by atoms with Crippen molar-refractivity contribution in [3.8, 4) is 0 Å². The van der Waals surface area contributed by atoms with E-state index in [0.717, 1.165) is 12.8 Å². The Balaban J connectivity index is 1.53. The molecule has 3 rings (SSSR count). The lowest BCUT2D eigenvalue weighted by atomic mass is 9.99. The van der Waals surface area contributed by atoms with Gasteiger partial charge in [-0.15, -0.1) is 0 Å². The summed E-state index contributed by atoms with van der Waals surface area (Å²) in [6, 6.07) is 14.7. The highest BCUT2D eigenvalue weighted by Crippen LogP contribution is 2.20. The molecule has 130 valence electrons. The van der Waals surface area contributed by atoms with Crippen molar-refractivity contribution in [1.82, 2.24) is 14.9 Å². The van der Waals surface area contributed by atoms with Crippen molar-refractivity contribution < 1.29 is 9.90 Å². The van der Waals surface area contributed by atoms with Crippen molar-refractivity contribution in [3.05, 3.63) is 66.2 Å². The van der Waals surface area contributed by atoms with Crippen molar-refractivity contribution in [2.24, 2.45) is 0 Å². The maximum atomic E-state index is 11.5. The minimum Gasteiger partial charge on any atom is -0.391 e. The fourth-order valence-corrected chi connectivity index (χ4v) is 3.08. The molecule has 0 saturated carbocycles. The van der Waals surface area contributed by atoms with Gasteiger partial charge in [-0.05, 0) is 35.6 Å². The number of aryl methyl sites for hydroxylation is 1. The molecule has 1 unspecified atom stereocenters. The van der Waals surface area contributed by atoms with Crippen molar-refractivity contribution in [2.75, 3.05) is 7.05 Å². The minimum absolute atomic E-state index is 0.218. The molecule has 1 aromatic heterocycles. The van der Waals surface area contributed by atoms with Gasteiger partial charge in [0.2, 0.25) is 0 Å². The van der Waals surface area contributed by atoms with Crippen LogP contribution in [-0.4, -0.2) is 33.7 Å². The first-order valence-corrected chi connectivity index (χ1v) is 8.56. The summed E-state index contributed by atoms with van der Waals surface area (Å²) in [7, 11) is 1.57. The highest BCUT2D eigenvalue weighted by molar-refractivity contribution is 5.91. The van der Waals surface area contributed by atoms with Gasteiger partial charge in [-0.2, -0.15) is 0 Å². The molecule has 0 spiro atoms. The maximum Gasteiger partial charge on any atom is 0.271 e. The van der Waals surface area contributed by atoms with Crippen LogP contribution in [0.2, 0.25) is 0 Å². The minimum atomic E-state index is -0.457. The number of hydrogen-bond donors (Lipinski definition) is 2. The number of fused-ring (bicyclic) bond motifs is 1. The van der Waals surface area contributed by atoms with Crippen LogP contribution >= 0.6 is 0 Å². The molecule has 0 fully saturated rings. The van der Waals surface area contributed by atoms with E-state index in [-0.39, 0.29) is 5.91 Å². The van der Waals surface area contributed by atoms with E-state index >= 15 is 0 Å². The van der Waals surface area contributed by atoms with E-state index in [1.54, 1.807) is 24.1 Å². The van der Waals surface area contributed by atoms with Gasteiger partial charge in [0.25, 0.3) is 5.91 Å². The third-order valence-corrected chi connectivity index (χ3v) is 4.38. The van der Waals surface area contributed by atoms with Crippen LogP contribution in [-0.2, 0) is 13.0 Å². The van der Waals surface area contributed by atoms with Crippen LogP contribution in [0.25, 0.3) is 10.8 Å². The Morgan fingerprint density at radius 3 is 2.88 bits per heavy atom. The number of carbonyl (C=O) groups is 1. The van der Waals surface area contributed by atoms with Crippen molar-refractivity contribution in [1.29, 1.82) is 0 Å². The second kappa shape index (κ2) is 7.94. The third kappa shape index (κ3) is 4.25. The van der Waals surface area contributed by atoms with Gasteiger partial charge in [0.1, 0.15) is 5.69 Å². The van der Waals surface area contributed by atoms with Crippen molar-refractivity contribution >= 4 is 16.7 Å². The Bertz CT molecular complexity index is 852. The van der Waals surface area contributed by atoms with Gasteiger partial charge in [-0.3, -0.25) is 4.79 Å². The van der Waals surface area contributed by atoms with Crippen molar-refractivity contribution in [2.45, 2.75) is 31.9 Å². The van der Waals surface area contributed by atoms with Crippen LogP contribution < -0.4 is 5.32 Å². The fourth-order valence-electron chi connectivity index (χ4n) is 3.08. The van der Waals surface area contributed by atoms with Gasteiger partial charge in [-0.25, -0.2) is 4.98 Å². The summed E-state index contributed by atoms with van der Waals surface area (Å²) >= 11 is 0. The van der Waals surface area contributed by atoms with Crippen LogP contribution in [0, 0.1) is 0 Å². The molecule has 5 nitrogen and oxygen atoms in total. The molecule has 2 aromatic carbocycles. The Kier molecular flexibility index (Phi) is 5.46. The van der Waals surface area contributed by atoms with E-state index in [1.807, 2.05) is 6.07 Å². The van der Waals surface area contributed by atoms with Crippen LogP contribution in [0.1, 0.15) is 28.9 Å². The summed E-state index contributed by atoms with van der Waals surface area (Å²) in [5.41, 5.74) is 1.68. The first-order chi connectivity index (χ1) is 12.2. The average molecular weight is 337 g/mol. The van der Waals surface area contributed by atoms with E-state index in [1.165, 1.54) is 16.3 Å². The van der Waals surface area contributed by atoms with E-state index in [4.69, 9.17) is 0 Å². The number of nitrogens with one attached hydrogen (secondary N) is 1. The number of hydrogen-bond acceptors (Lipinski definition) is 3. The molecule has 2 N–H and O–H groups in total. The lowest BCUT2D eigenvalue weighted by molar-refractivity contribution is 0.0958. The van der Waals surface area contributed by atoms with Crippen molar-refractivity contribution in [3.63, 3.8) is 0 Å². The highest BCUT2D eigenvalue weighted by atomic mass is 16.3. The van der Waals surface area contributed by atoms with Crippen LogP contribution in [0.3, 0.4) is 0 Å². The van der Waals surface area contributed by atoms with Crippen LogP contribution in [0.5, 0.6) is 0 Å². The number of benzene rings is 2. The molecule has 0 aliphatic heterocycles. The Labute approximate surface area is 147 Å². The first-order valence-electron chi connectivity index (χ1n) is 8.56. The number of aliphatic hydroxyl groups excluding tert-OH is 1. The fraction of sp³-hybridized carbons (Fsp3) is 0.300. The molecular weight excluding hydrogens is 314 g/mol. The van der Waals surface area contributed by atoms with E-state index in [2.05, 4.69) is 46.7 Å². The lowest BCUT2D eigenvalue weighted by Gasteiger charge is -2.12. The summed E-state index contributed by atoms with van der Waals surface area (Å²) in [4.78, 5) is 15.5. The van der Waals surface area contributed by atoms with Gasteiger partial charge < -0.3 is 15.0 Å². The predicted molar refractivity (Wildman–Crippen MR) is 98.5 cm³/mol. The normalized spacial score (nSPS) is 12.2. The summed E-state index contributed by atoms with van der Waals surface area (Å²) in [6.45, 7) is 0.444. The standard InChI is InChI=1S/C20H23N3O2/c1-21-20(25)19-13-23(14-22-19)12-17(24)10-5-9-16-8-4-7-15-6-2-3-11-18(15)16/h2-4,6-8,11,13-14,17,24H,5,9-10,12H2,1H3,(H,21,25). The first kappa shape index (κ1) is 17.2. The highest BCUT2D eigenvalue weighted by Gasteiger charge is 2.10. The molecular formula is C20H23N3O2. The quantitative estimate of drug-likeness (QED) is 0.697. The zero-order chi connectivity index (χ0) is 17.6. The maximum absolute atomic E-state index is 11.5. The summed E-state index contributed by atoms with van der Waals surface area (Å²) < 4.78 is 1.76. The topological polar surface area (TPSA) is 67.2 Å². The van der Waals surface area contributed by atoms with Gasteiger partial charge in [0.05, 0.1) is 12.4 Å². The van der Waals surface area contributed by atoms with Gasteiger partial charge >= 0.3 is 0 Å². The molecule has 1 atom stereocenters. The van der Waals surface area contributed by atoms with Gasteiger partial charge in [-0.1, -0.05) is 42.5 Å². The van der Waals surface area contributed by atoms with Gasteiger partial charge in [0.15, 0.2) is 0 Å². The molecule has 25 heavy (non-hydrogen) atoms. The summed E-state index contributed by atoms with van der Waals surface area (Å²) in [5, 5.41) is 15.3. The SMILES string of the molecule is CNC(=O)c1cn(CC(O)CCCc2cccc3ccccc23)cn1. The summed E-state index contributed by atoms with van der Waals surface area (Å²) in [5.74, 6) is -0.218. The number of carbonyl (C=O) groups excluding carboxylic acids is 1. The monoisotopic (exact) mass is 337 g/mol. The zero-order valence-electron chi connectivity index (χ0n) is 14.4. The molecule has 1 amide bonds. The summed E-state index contributed by atoms with van der Waals surface area (Å²) in [6.07, 6.45) is 5.33. The molecule has 0 radical (unpaired) electrons. The van der Waals surface area contributed by atoms with E-state index in [0.29, 0.717) is 18.7 Å². The van der Waals surface area contributed by atoms with E-state index in [9.17, 15) is 9.90 Å². The number of rotatable bonds is 7. The molecule has 0 aliphatic rings. The van der Waals surface area contributed by atoms with Crippen LogP contribution in [0.4, 0.5) is 0 Å². The number of aliphatic hydroxyl groups is 1. The second-order valence-corrected chi connectivity index (χ2v) is 6.22. The molecule has 5 heteroatoms. The number of imidazole rings is 1. The zero-order valence-corrected chi connectivity index (χ0v) is 14.4. The smallest absolute Gasteiger partial charge is 0.271 e. The number of amides is 1. The average Bonchev–Trinajstić information content (AvgIpc) is 3.09. The molecule has 1 heterocycles. The Morgan fingerprint density at radius 2 is 2.04 bits per heavy atom. The largest absolute Gasteiger partial charge is 0.391 e. The van der Waals surface area contributed by atoms with E-state index < -0.39 is 6.10 Å². The molecule has 0 saturated heterocycles. The van der Waals surface area contributed by atoms with Crippen LogP contribution in [0.15, 0.2) is 55.0 Å². The Morgan fingerprint density at radius 1 is 1.24 bits per heavy atom. The molecule has 3 aromatic rings. The predicted octanol–water partition coefficient (Wildman–Crippen LogP) is 2.78. The third-order valence-electron chi connectivity index (χ3n) is 4.38. The Hall–Kier alpha value is -2.66. The van der Waals surface area contributed by atoms with Gasteiger partial charge in [0, 0.05) is 19.8 Å². The second-order valence-electron chi connectivity index (χ2n) is 6.22.